The minimum absolute atomic E-state index is 0.179. The first-order chi connectivity index (χ1) is 12.5. The SMILES string of the molecule is CC(C)C[C@H](NC(=O)OC(C)(C)C)[C@@H](O)CC(=O)N[C@@H](C)C(=O)OC(C)(C)C. The Hall–Kier alpha value is -1.83. The van der Waals surface area contributed by atoms with Crippen molar-refractivity contribution in [2.75, 3.05) is 0 Å². The first-order valence-electron chi connectivity index (χ1n) is 9.70. The van der Waals surface area contributed by atoms with E-state index in [1.54, 1.807) is 41.5 Å². The van der Waals surface area contributed by atoms with Gasteiger partial charge >= 0.3 is 12.1 Å². The van der Waals surface area contributed by atoms with Crippen LogP contribution in [0.15, 0.2) is 0 Å². The highest BCUT2D eigenvalue weighted by Gasteiger charge is 2.29. The summed E-state index contributed by atoms with van der Waals surface area (Å²) in [5, 5.41) is 15.6. The molecule has 0 bridgehead atoms. The van der Waals surface area contributed by atoms with E-state index in [-0.39, 0.29) is 12.3 Å². The van der Waals surface area contributed by atoms with E-state index in [9.17, 15) is 19.5 Å². The van der Waals surface area contributed by atoms with Crippen molar-refractivity contribution in [3.63, 3.8) is 0 Å². The van der Waals surface area contributed by atoms with Gasteiger partial charge in [0.05, 0.1) is 18.6 Å². The number of nitrogens with one attached hydrogen (secondary N) is 2. The lowest BCUT2D eigenvalue weighted by molar-refractivity contribution is -0.158. The van der Waals surface area contributed by atoms with E-state index in [4.69, 9.17) is 9.47 Å². The highest BCUT2D eigenvalue weighted by Crippen LogP contribution is 2.14. The van der Waals surface area contributed by atoms with Crippen LogP contribution in [0.4, 0.5) is 4.79 Å². The van der Waals surface area contributed by atoms with Gasteiger partial charge in [-0.05, 0) is 60.8 Å². The summed E-state index contributed by atoms with van der Waals surface area (Å²) >= 11 is 0. The fourth-order valence-electron chi connectivity index (χ4n) is 2.36. The Morgan fingerprint density at radius 1 is 0.893 bits per heavy atom. The molecule has 0 aromatic heterocycles. The Kier molecular flexibility index (Phi) is 9.95. The van der Waals surface area contributed by atoms with Crippen molar-refractivity contribution in [1.82, 2.24) is 10.6 Å². The summed E-state index contributed by atoms with van der Waals surface area (Å²) < 4.78 is 10.4. The third-order valence-corrected chi connectivity index (χ3v) is 3.42. The van der Waals surface area contributed by atoms with Crippen LogP contribution in [0, 0.1) is 5.92 Å². The smallest absolute Gasteiger partial charge is 0.407 e. The zero-order valence-corrected chi connectivity index (χ0v) is 18.7. The molecule has 0 unspecified atom stereocenters. The molecule has 3 atom stereocenters. The van der Waals surface area contributed by atoms with Crippen LogP contribution in [-0.2, 0) is 19.1 Å². The highest BCUT2D eigenvalue weighted by molar-refractivity contribution is 5.84. The molecule has 0 aromatic rings. The van der Waals surface area contributed by atoms with Gasteiger partial charge in [-0.3, -0.25) is 4.79 Å². The molecular formula is C20H38N2O6. The Balaban J connectivity index is 4.83. The van der Waals surface area contributed by atoms with E-state index in [2.05, 4.69) is 10.6 Å². The lowest BCUT2D eigenvalue weighted by atomic mass is 9.97. The molecule has 0 aliphatic rings. The molecule has 0 aromatic carbocycles. The van der Waals surface area contributed by atoms with Gasteiger partial charge in [0.2, 0.25) is 5.91 Å². The van der Waals surface area contributed by atoms with Gasteiger partial charge in [-0.25, -0.2) is 9.59 Å². The number of hydrogen-bond acceptors (Lipinski definition) is 6. The van der Waals surface area contributed by atoms with Gasteiger partial charge in [-0.15, -0.1) is 0 Å². The fraction of sp³-hybridized carbons (Fsp3) is 0.850. The minimum Gasteiger partial charge on any atom is -0.458 e. The minimum atomic E-state index is -1.12. The van der Waals surface area contributed by atoms with Crippen molar-refractivity contribution in [2.24, 2.45) is 5.92 Å². The summed E-state index contributed by atoms with van der Waals surface area (Å²) in [6, 6.07) is -1.50. The topological polar surface area (TPSA) is 114 Å². The second-order valence-corrected chi connectivity index (χ2v) is 9.48. The lowest BCUT2D eigenvalue weighted by Crippen LogP contribution is -2.49. The summed E-state index contributed by atoms with van der Waals surface area (Å²) in [7, 11) is 0. The molecule has 0 saturated heterocycles. The standard InChI is InChI=1S/C20H38N2O6/c1-12(2)10-14(22-18(26)28-20(7,8)9)15(23)11-16(24)21-13(3)17(25)27-19(4,5)6/h12-15,23H,10-11H2,1-9H3,(H,21,24)(H,22,26)/t13-,14-,15-/m0/s1. The summed E-state index contributed by atoms with van der Waals surface area (Å²) in [5.74, 6) is -0.884. The van der Waals surface area contributed by atoms with Crippen LogP contribution < -0.4 is 10.6 Å². The van der Waals surface area contributed by atoms with Gasteiger partial charge in [-0.1, -0.05) is 13.8 Å². The molecule has 8 heteroatoms. The summed E-state index contributed by atoms with van der Waals surface area (Å²) in [5.41, 5.74) is -1.33. The van der Waals surface area contributed by atoms with E-state index < -0.39 is 47.4 Å². The molecule has 0 aliphatic heterocycles. The highest BCUT2D eigenvalue weighted by atomic mass is 16.6. The number of aliphatic hydroxyl groups excluding tert-OH is 1. The Morgan fingerprint density at radius 2 is 1.39 bits per heavy atom. The van der Waals surface area contributed by atoms with Crippen molar-refractivity contribution < 1.29 is 29.0 Å². The van der Waals surface area contributed by atoms with Crippen LogP contribution in [0.3, 0.4) is 0 Å². The number of ether oxygens (including phenoxy) is 2. The van der Waals surface area contributed by atoms with Crippen molar-refractivity contribution >= 4 is 18.0 Å². The quantitative estimate of drug-likeness (QED) is 0.538. The zero-order chi connectivity index (χ0) is 22.3. The molecule has 0 aliphatic carbocycles. The van der Waals surface area contributed by atoms with Crippen LogP contribution >= 0.6 is 0 Å². The van der Waals surface area contributed by atoms with Crippen molar-refractivity contribution in [2.45, 2.75) is 105 Å². The number of aliphatic hydroxyl groups is 1. The lowest BCUT2D eigenvalue weighted by Gasteiger charge is -2.28. The predicted octanol–water partition coefficient (Wildman–Crippen LogP) is 2.52. The van der Waals surface area contributed by atoms with Crippen molar-refractivity contribution in [3.05, 3.63) is 0 Å². The fourth-order valence-corrected chi connectivity index (χ4v) is 2.36. The molecule has 2 amide bonds. The largest absolute Gasteiger partial charge is 0.458 e. The predicted molar refractivity (Wildman–Crippen MR) is 107 cm³/mol. The number of hydrogen-bond donors (Lipinski definition) is 3. The van der Waals surface area contributed by atoms with Crippen LogP contribution in [0.25, 0.3) is 0 Å². The zero-order valence-electron chi connectivity index (χ0n) is 18.7. The Labute approximate surface area is 168 Å². The summed E-state index contributed by atoms with van der Waals surface area (Å²) in [6.45, 7) is 15.8. The maximum absolute atomic E-state index is 12.2. The first kappa shape index (κ1) is 26.2. The third-order valence-electron chi connectivity index (χ3n) is 3.42. The van der Waals surface area contributed by atoms with Gasteiger partial charge in [0.25, 0.3) is 0 Å². The van der Waals surface area contributed by atoms with Gasteiger partial charge < -0.3 is 25.2 Å². The van der Waals surface area contributed by atoms with Gasteiger partial charge in [0.15, 0.2) is 0 Å². The maximum atomic E-state index is 12.2. The van der Waals surface area contributed by atoms with Crippen molar-refractivity contribution in [3.8, 4) is 0 Å². The molecule has 164 valence electrons. The Morgan fingerprint density at radius 3 is 1.82 bits per heavy atom. The van der Waals surface area contributed by atoms with Crippen molar-refractivity contribution in [1.29, 1.82) is 0 Å². The maximum Gasteiger partial charge on any atom is 0.407 e. The molecule has 3 N–H and O–H groups in total. The average molecular weight is 403 g/mol. The molecule has 0 fully saturated rings. The van der Waals surface area contributed by atoms with Crippen LogP contribution in [0.1, 0.15) is 75.2 Å². The number of alkyl carbamates (subject to hydrolysis) is 1. The number of esters is 1. The Bertz CT molecular complexity index is 534. The first-order valence-corrected chi connectivity index (χ1v) is 9.70. The number of carbonyl (C=O) groups is 3. The average Bonchev–Trinajstić information content (AvgIpc) is 2.41. The number of rotatable bonds is 8. The second-order valence-electron chi connectivity index (χ2n) is 9.48. The summed E-state index contributed by atoms with van der Waals surface area (Å²) in [6.07, 6.45) is -1.57. The molecule has 0 heterocycles. The van der Waals surface area contributed by atoms with E-state index in [0.29, 0.717) is 6.42 Å². The molecule has 0 rings (SSSR count). The number of carbonyl (C=O) groups excluding carboxylic acids is 3. The second kappa shape index (κ2) is 10.6. The van der Waals surface area contributed by atoms with E-state index in [1.165, 1.54) is 6.92 Å². The van der Waals surface area contributed by atoms with Crippen LogP contribution in [0.2, 0.25) is 0 Å². The van der Waals surface area contributed by atoms with E-state index in [1.807, 2.05) is 13.8 Å². The van der Waals surface area contributed by atoms with Gasteiger partial charge in [-0.2, -0.15) is 0 Å². The number of amides is 2. The monoisotopic (exact) mass is 402 g/mol. The molecule has 0 saturated carbocycles. The van der Waals surface area contributed by atoms with Crippen LogP contribution in [-0.4, -0.2) is 52.5 Å². The van der Waals surface area contributed by atoms with Crippen LogP contribution in [0.5, 0.6) is 0 Å². The molecular weight excluding hydrogens is 364 g/mol. The normalized spacial score (nSPS) is 15.4. The summed E-state index contributed by atoms with van der Waals surface area (Å²) in [4.78, 5) is 36.2. The van der Waals surface area contributed by atoms with E-state index in [0.717, 1.165) is 0 Å². The van der Waals surface area contributed by atoms with Gasteiger partial charge in [0.1, 0.15) is 17.2 Å². The third kappa shape index (κ3) is 12.5. The van der Waals surface area contributed by atoms with Gasteiger partial charge in [0, 0.05) is 0 Å². The molecule has 0 radical (unpaired) electrons. The van der Waals surface area contributed by atoms with E-state index >= 15 is 0 Å². The molecule has 0 spiro atoms. The molecule has 28 heavy (non-hydrogen) atoms. The molecule has 8 nitrogen and oxygen atoms in total.